The van der Waals surface area contributed by atoms with E-state index in [0.717, 1.165) is 37.9 Å². The van der Waals surface area contributed by atoms with Crippen molar-refractivity contribution in [2.75, 3.05) is 17.7 Å². The molecule has 0 amide bonds. The Labute approximate surface area is 189 Å². The predicted octanol–water partition coefficient (Wildman–Crippen LogP) is 4.35. The normalized spacial score (nSPS) is 17.5. The Balaban J connectivity index is 1.22. The molecule has 0 bridgehead atoms. The van der Waals surface area contributed by atoms with Gasteiger partial charge in [-0.3, -0.25) is 4.79 Å². The highest BCUT2D eigenvalue weighted by Crippen LogP contribution is 2.33. The molecule has 1 fully saturated rings. The first-order valence-corrected chi connectivity index (χ1v) is 12.2. The fraction of sp³-hybridized carbons (Fsp3) is 0.409. The summed E-state index contributed by atoms with van der Waals surface area (Å²) in [5, 5.41) is 12.5. The van der Waals surface area contributed by atoms with Crippen LogP contribution in [0.3, 0.4) is 0 Å². The van der Waals surface area contributed by atoms with Gasteiger partial charge in [-0.25, -0.2) is 0 Å². The molecule has 1 unspecified atom stereocenters. The van der Waals surface area contributed by atoms with Gasteiger partial charge in [0.05, 0.1) is 12.3 Å². The molecule has 5 rings (SSSR count). The number of rotatable bonds is 8. The van der Waals surface area contributed by atoms with Gasteiger partial charge in [0.25, 0.3) is 0 Å². The molecule has 2 aromatic heterocycles. The molecule has 0 radical (unpaired) electrons. The van der Waals surface area contributed by atoms with Gasteiger partial charge in [-0.2, -0.15) is 0 Å². The lowest BCUT2D eigenvalue weighted by atomic mass is 10.2. The van der Waals surface area contributed by atoms with E-state index in [1.165, 1.54) is 35.9 Å². The number of fused-ring (bicyclic) bond motifs is 1. The standard InChI is InChI=1S/C22H24N4O3S2/c1-13-9-17(18(27)12-30-22-25-24-21(31-22)23-15-7-8-15)14(2)26(13)10-16-11-28-19-5-3-4-6-20(19)29-16/h3-6,9,15-16H,7-8,10-12H2,1-2H3,(H,23,24). The number of anilines is 1. The van der Waals surface area contributed by atoms with Crippen LogP contribution in [0.1, 0.15) is 34.6 Å². The second-order valence-corrected chi connectivity index (χ2v) is 10.1. The lowest BCUT2D eigenvalue weighted by Crippen LogP contribution is -2.33. The Kier molecular flexibility index (Phi) is 5.62. The lowest BCUT2D eigenvalue weighted by Gasteiger charge is -2.27. The maximum atomic E-state index is 12.9. The quantitative estimate of drug-likeness (QED) is 0.399. The molecule has 1 aliphatic heterocycles. The van der Waals surface area contributed by atoms with Crippen molar-refractivity contribution in [3.63, 3.8) is 0 Å². The highest BCUT2D eigenvalue weighted by Gasteiger charge is 2.25. The van der Waals surface area contributed by atoms with Gasteiger partial charge in [0.1, 0.15) is 6.61 Å². The van der Waals surface area contributed by atoms with E-state index in [0.29, 0.717) is 24.9 Å². The number of ether oxygens (including phenoxy) is 2. The van der Waals surface area contributed by atoms with Crippen LogP contribution in [0.4, 0.5) is 5.13 Å². The highest BCUT2D eigenvalue weighted by atomic mass is 32.2. The first-order chi connectivity index (χ1) is 15.1. The Hall–Kier alpha value is -2.52. The number of ketones is 1. The van der Waals surface area contributed by atoms with Crippen molar-refractivity contribution in [3.8, 4) is 11.5 Å². The summed E-state index contributed by atoms with van der Waals surface area (Å²) in [4.78, 5) is 12.9. The minimum Gasteiger partial charge on any atom is -0.486 e. The minimum atomic E-state index is -0.101. The first-order valence-electron chi connectivity index (χ1n) is 10.4. The molecule has 9 heteroatoms. The number of carbonyl (C=O) groups is 1. The van der Waals surface area contributed by atoms with E-state index in [1.54, 1.807) is 0 Å². The number of hydrogen-bond donors (Lipinski definition) is 1. The number of thioether (sulfide) groups is 1. The summed E-state index contributed by atoms with van der Waals surface area (Å²) in [6.07, 6.45) is 2.29. The molecule has 3 aromatic rings. The van der Waals surface area contributed by atoms with E-state index in [4.69, 9.17) is 9.47 Å². The zero-order valence-electron chi connectivity index (χ0n) is 17.5. The van der Waals surface area contributed by atoms with Gasteiger partial charge in [0.2, 0.25) is 5.13 Å². The number of benzene rings is 1. The van der Waals surface area contributed by atoms with Crippen LogP contribution in [0, 0.1) is 13.8 Å². The molecular formula is C22H24N4O3S2. The number of nitrogens with one attached hydrogen (secondary N) is 1. The molecule has 1 atom stereocenters. The summed E-state index contributed by atoms with van der Waals surface area (Å²) in [5.74, 6) is 1.99. The van der Waals surface area contributed by atoms with Crippen LogP contribution >= 0.6 is 23.1 Å². The SMILES string of the molecule is Cc1cc(C(=O)CSc2nnc(NC3CC3)s2)c(C)n1CC1COc2ccccc2O1. The van der Waals surface area contributed by atoms with Crippen molar-refractivity contribution < 1.29 is 14.3 Å². The van der Waals surface area contributed by atoms with Crippen molar-refractivity contribution in [1.29, 1.82) is 0 Å². The van der Waals surface area contributed by atoms with Gasteiger partial charge in [-0.15, -0.1) is 10.2 Å². The number of nitrogens with zero attached hydrogens (tertiary/aromatic N) is 3. The topological polar surface area (TPSA) is 78.3 Å². The lowest BCUT2D eigenvalue weighted by molar-refractivity contribution is 0.0777. The molecule has 3 heterocycles. The zero-order chi connectivity index (χ0) is 21.4. The van der Waals surface area contributed by atoms with Crippen molar-refractivity contribution in [3.05, 3.63) is 47.3 Å². The third kappa shape index (κ3) is 4.57. The Bertz CT molecular complexity index is 1110. The maximum Gasteiger partial charge on any atom is 0.206 e. The van der Waals surface area contributed by atoms with E-state index >= 15 is 0 Å². The average molecular weight is 457 g/mol. The van der Waals surface area contributed by atoms with Crippen molar-refractivity contribution >= 4 is 34.0 Å². The molecule has 1 aromatic carbocycles. The number of carbonyl (C=O) groups excluding carboxylic acids is 1. The summed E-state index contributed by atoms with van der Waals surface area (Å²) in [6.45, 7) is 5.14. The van der Waals surface area contributed by atoms with E-state index in [9.17, 15) is 4.79 Å². The minimum absolute atomic E-state index is 0.0995. The maximum absolute atomic E-state index is 12.9. The number of para-hydroxylation sites is 2. The molecule has 1 aliphatic carbocycles. The molecule has 1 saturated carbocycles. The van der Waals surface area contributed by atoms with Gasteiger partial charge in [-0.05, 0) is 44.9 Å². The molecule has 31 heavy (non-hydrogen) atoms. The van der Waals surface area contributed by atoms with Crippen LogP contribution in [0.15, 0.2) is 34.7 Å². The summed E-state index contributed by atoms with van der Waals surface area (Å²) >= 11 is 2.96. The van der Waals surface area contributed by atoms with Gasteiger partial charge in [0, 0.05) is 23.0 Å². The molecule has 1 N–H and O–H groups in total. The van der Waals surface area contributed by atoms with E-state index in [1.807, 2.05) is 44.2 Å². The monoisotopic (exact) mass is 456 g/mol. The smallest absolute Gasteiger partial charge is 0.206 e. The summed E-state index contributed by atoms with van der Waals surface area (Å²) in [5.41, 5.74) is 2.75. The summed E-state index contributed by atoms with van der Waals surface area (Å²) < 4.78 is 14.9. The average Bonchev–Trinajstić information content (AvgIpc) is 3.41. The van der Waals surface area contributed by atoms with Gasteiger partial charge in [0.15, 0.2) is 27.7 Å². The van der Waals surface area contributed by atoms with Crippen LogP contribution in [0.25, 0.3) is 0 Å². The van der Waals surface area contributed by atoms with Crippen LogP contribution in [0.2, 0.25) is 0 Å². The second-order valence-electron chi connectivity index (χ2n) is 7.90. The number of hydrogen-bond acceptors (Lipinski definition) is 8. The number of aromatic nitrogens is 3. The predicted molar refractivity (Wildman–Crippen MR) is 122 cm³/mol. The van der Waals surface area contributed by atoms with E-state index in [-0.39, 0.29) is 11.9 Å². The molecule has 0 spiro atoms. The van der Waals surface area contributed by atoms with Crippen LogP contribution in [-0.2, 0) is 6.54 Å². The van der Waals surface area contributed by atoms with Crippen LogP contribution in [-0.4, -0.2) is 45.1 Å². The fourth-order valence-corrected chi connectivity index (χ4v) is 5.37. The second kappa shape index (κ2) is 8.55. The van der Waals surface area contributed by atoms with Gasteiger partial charge >= 0.3 is 0 Å². The van der Waals surface area contributed by atoms with Crippen molar-refractivity contribution in [1.82, 2.24) is 14.8 Å². The first kappa shape index (κ1) is 20.4. The molecule has 162 valence electrons. The third-order valence-electron chi connectivity index (χ3n) is 5.47. The number of Topliss-reactive ketones (excluding diaryl/α,β-unsaturated/α-hetero) is 1. The Morgan fingerprint density at radius 1 is 1.26 bits per heavy atom. The van der Waals surface area contributed by atoms with E-state index in [2.05, 4.69) is 20.1 Å². The fourth-order valence-electron chi connectivity index (χ4n) is 3.65. The molecular weight excluding hydrogens is 432 g/mol. The summed E-state index contributed by atoms with van der Waals surface area (Å²) in [7, 11) is 0. The van der Waals surface area contributed by atoms with Crippen molar-refractivity contribution in [2.24, 2.45) is 0 Å². The Morgan fingerprint density at radius 2 is 2.06 bits per heavy atom. The molecule has 0 saturated heterocycles. The largest absolute Gasteiger partial charge is 0.486 e. The van der Waals surface area contributed by atoms with Crippen LogP contribution in [0.5, 0.6) is 11.5 Å². The molecule has 2 aliphatic rings. The van der Waals surface area contributed by atoms with Gasteiger partial charge in [-0.1, -0.05) is 35.2 Å². The van der Waals surface area contributed by atoms with Gasteiger partial charge < -0.3 is 19.4 Å². The molecule has 7 nitrogen and oxygen atoms in total. The highest BCUT2D eigenvalue weighted by molar-refractivity contribution is 8.01. The Morgan fingerprint density at radius 3 is 2.87 bits per heavy atom. The van der Waals surface area contributed by atoms with Crippen molar-refractivity contribution in [2.45, 2.75) is 49.7 Å². The zero-order valence-corrected chi connectivity index (χ0v) is 19.1. The van der Waals surface area contributed by atoms with E-state index < -0.39 is 0 Å². The number of aryl methyl sites for hydroxylation is 1. The summed E-state index contributed by atoms with van der Waals surface area (Å²) in [6, 6.07) is 10.2. The van der Waals surface area contributed by atoms with Crippen LogP contribution < -0.4 is 14.8 Å². The third-order valence-corrected chi connectivity index (χ3v) is 7.45.